The van der Waals surface area contributed by atoms with E-state index in [1.165, 1.54) is 12.0 Å². The minimum Gasteiger partial charge on any atom is -0.478 e. The zero-order valence-corrected chi connectivity index (χ0v) is 22.0. The summed E-state index contributed by atoms with van der Waals surface area (Å²) in [6, 6.07) is 12.8. The Labute approximate surface area is 218 Å². The highest BCUT2D eigenvalue weighted by Gasteiger charge is 2.32. The van der Waals surface area contributed by atoms with Gasteiger partial charge in [0.05, 0.1) is 24.8 Å². The molecule has 3 heterocycles. The van der Waals surface area contributed by atoms with E-state index in [2.05, 4.69) is 24.0 Å². The van der Waals surface area contributed by atoms with E-state index in [9.17, 15) is 14.7 Å². The fraction of sp³-hybridized carbons (Fsp3) is 0.250. The zero-order valence-electron chi connectivity index (χ0n) is 21.2. The van der Waals surface area contributed by atoms with Crippen LogP contribution in [0.15, 0.2) is 47.5 Å². The average Bonchev–Trinajstić information content (AvgIpc) is 3.35. The van der Waals surface area contributed by atoms with Crippen molar-refractivity contribution < 1.29 is 19.4 Å². The first kappa shape index (κ1) is 24.6. The molecule has 0 saturated carbocycles. The van der Waals surface area contributed by atoms with Gasteiger partial charge in [-0.2, -0.15) is 0 Å². The largest absolute Gasteiger partial charge is 0.478 e. The summed E-state index contributed by atoms with van der Waals surface area (Å²) >= 11 is 1.66. The molecule has 5 rings (SSSR count). The first-order valence-corrected chi connectivity index (χ1v) is 12.6. The van der Waals surface area contributed by atoms with Crippen LogP contribution in [0.25, 0.3) is 16.1 Å². The number of aromatic carboxylic acids is 1. The molecule has 37 heavy (non-hydrogen) atoms. The van der Waals surface area contributed by atoms with Crippen LogP contribution in [0.5, 0.6) is 0 Å². The Morgan fingerprint density at radius 2 is 1.68 bits per heavy atom. The monoisotopic (exact) mass is 514 g/mol. The maximum absolute atomic E-state index is 12.3. The first-order valence-electron chi connectivity index (χ1n) is 11.8. The molecule has 1 aliphatic heterocycles. The number of benzene rings is 2. The molecule has 1 atom stereocenters. The van der Waals surface area contributed by atoms with Crippen molar-refractivity contribution in [3.05, 3.63) is 86.8 Å². The molecule has 0 amide bonds. The molecule has 0 unspecified atom stereocenters. The third kappa shape index (κ3) is 4.25. The van der Waals surface area contributed by atoms with Gasteiger partial charge >= 0.3 is 11.9 Å². The minimum atomic E-state index is -0.935. The van der Waals surface area contributed by atoms with Crippen LogP contribution in [-0.4, -0.2) is 44.6 Å². The Morgan fingerprint density at radius 1 is 1.00 bits per heavy atom. The van der Waals surface area contributed by atoms with Crippen molar-refractivity contribution in [3.8, 4) is 16.1 Å². The summed E-state index contributed by atoms with van der Waals surface area (Å²) in [6.07, 6.45) is 0.0540. The molecule has 2 aromatic carbocycles. The van der Waals surface area contributed by atoms with Gasteiger partial charge in [-0.1, -0.05) is 36.4 Å². The molecular formula is C28H26N4O4S. The number of methoxy groups -OCH3 is 1. The van der Waals surface area contributed by atoms with Gasteiger partial charge in [-0.15, -0.1) is 21.5 Å². The van der Waals surface area contributed by atoms with Gasteiger partial charge in [0.2, 0.25) is 0 Å². The number of aromatic nitrogens is 3. The summed E-state index contributed by atoms with van der Waals surface area (Å²) < 4.78 is 6.96. The summed E-state index contributed by atoms with van der Waals surface area (Å²) in [6.45, 7) is 7.87. The van der Waals surface area contributed by atoms with Crippen LogP contribution in [-0.2, 0) is 9.53 Å². The number of fused-ring (bicyclic) bond motifs is 3. The molecule has 9 heteroatoms. The van der Waals surface area contributed by atoms with E-state index in [1.807, 2.05) is 47.9 Å². The van der Waals surface area contributed by atoms with Crippen molar-refractivity contribution in [1.82, 2.24) is 14.8 Å². The number of aryl methyl sites for hydroxylation is 3. The third-order valence-corrected chi connectivity index (χ3v) is 7.97. The van der Waals surface area contributed by atoms with Crippen molar-refractivity contribution in [3.63, 3.8) is 0 Å². The molecule has 2 aromatic heterocycles. The van der Waals surface area contributed by atoms with E-state index < -0.39 is 12.0 Å². The number of thiophene rings is 1. The lowest BCUT2D eigenvalue weighted by atomic mass is 9.95. The summed E-state index contributed by atoms with van der Waals surface area (Å²) in [7, 11) is 1.37. The van der Waals surface area contributed by atoms with Gasteiger partial charge in [0.25, 0.3) is 0 Å². The van der Waals surface area contributed by atoms with E-state index >= 15 is 0 Å². The molecule has 0 bridgehead atoms. The summed E-state index contributed by atoms with van der Waals surface area (Å²) in [5.41, 5.74) is 6.74. The van der Waals surface area contributed by atoms with Crippen LogP contribution in [0.3, 0.4) is 0 Å². The topological polar surface area (TPSA) is 107 Å². The van der Waals surface area contributed by atoms with E-state index in [-0.39, 0.29) is 12.4 Å². The molecule has 0 aliphatic carbocycles. The quantitative estimate of drug-likeness (QED) is 0.358. The number of hydrogen-bond donors (Lipinski definition) is 1. The van der Waals surface area contributed by atoms with E-state index in [0.717, 1.165) is 44.4 Å². The van der Waals surface area contributed by atoms with E-state index in [0.29, 0.717) is 17.0 Å². The number of rotatable bonds is 5. The van der Waals surface area contributed by atoms with Gasteiger partial charge in [-0.05, 0) is 56.0 Å². The third-order valence-electron chi connectivity index (χ3n) is 6.78. The SMILES string of the molecule is COC(=O)C[C@@H]1N=C(c2ccc(-c3ccc(C(=O)O)c(C)c3)cc2)c2c(sc(C)c2C)-n2c(C)nnc21. The van der Waals surface area contributed by atoms with Crippen LogP contribution in [0.1, 0.15) is 61.6 Å². The second-order valence-corrected chi connectivity index (χ2v) is 10.3. The average molecular weight is 515 g/mol. The summed E-state index contributed by atoms with van der Waals surface area (Å²) in [5.74, 6) is 0.0502. The molecule has 1 N–H and O–H groups in total. The Bertz CT molecular complexity index is 1580. The lowest BCUT2D eigenvalue weighted by Gasteiger charge is -2.12. The van der Waals surface area contributed by atoms with Crippen LogP contribution >= 0.6 is 11.3 Å². The second kappa shape index (κ2) is 9.40. The standard InChI is InChI=1S/C28H26N4O4S/c1-14-12-20(10-11-21(14)28(34)35)18-6-8-19(9-7-18)25-24-15(2)16(3)37-27(24)32-17(4)30-31-26(32)22(29-25)13-23(33)36-5/h6-12,22H,13H2,1-5H3,(H,34,35)/t22-/m0/s1. The Kier molecular flexibility index (Phi) is 6.25. The van der Waals surface area contributed by atoms with Gasteiger partial charge in [-0.3, -0.25) is 14.4 Å². The highest BCUT2D eigenvalue weighted by Crippen LogP contribution is 2.39. The van der Waals surface area contributed by atoms with Crippen molar-refractivity contribution in [2.75, 3.05) is 7.11 Å². The number of nitrogens with zero attached hydrogens (tertiary/aromatic N) is 4. The molecule has 0 spiro atoms. The maximum atomic E-state index is 12.3. The Morgan fingerprint density at radius 3 is 2.32 bits per heavy atom. The van der Waals surface area contributed by atoms with Gasteiger partial charge < -0.3 is 9.84 Å². The molecule has 8 nitrogen and oxygen atoms in total. The molecular weight excluding hydrogens is 488 g/mol. The fourth-order valence-electron chi connectivity index (χ4n) is 4.67. The first-order chi connectivity index (χ1) is 17.7. The number of aliphatic imine (C=N–C) groups is 1. The van der Waals surface area contributed by atoms with Crippen molar-refractivity contribution in [1.29, 1.82) is 0 Å². The molecule has 0 saturated heterocycles. The highest BCUT2D eigenvalue weighted by molar-refractivity contribution is 7.15. The highest BCUT2D eigenvalue weighted by atomic mass is 32.1. The van der Waals surface area contributed by atoms with Crippen molar-refractivity contribution in [2.45, 2.75) is 40.2 Å². The molecule has 4 aromatic rings. The lowest BCUT2D eigenvalue weighted by Crippen LogP contribution is -2.12. The van der Waals surface area contributed by atoms with Crippen LogP contribution in [0, 0.1) is 27.7 Å². The van der Waals surface area contributed by atoms with Gasteiger partial charge in [-0.25, -0.2) is 4.79 Å². The maximum Gasteiger partial charge on any atom is 0.335 e. The number of carbonyl (C=O) groups excluding carboxylic acids is 1. The van der Waals surface area contributed by atoms with Gasteiger partial charge in [0.1, 0.15) is 16.9 Å². The van der Waals surface area contributed by atoms with Crippen LogP contribution in [0.2, 0.25) is 0 Å². The number of carboxylic acids is 1. The minimum absolute atomic E-state index is 0.0540. The smallest absolute Gasteiger partial charge is 0.335 e. The zero-order chi connectivity index (χ0) is 26.4. The predicted octanol–water partition coefficient (Wildman–Crippen LogP) is 5.38. The Balaban J connectivity index is 1.63. The molecule has 188 valence electrons. The normalized spacial score (nSPS) is 14.4. The number of carboxylic acid groups (broad SMARTS) is 1. The summed E-state index contributed by atoms with van der Waals surface area (Å²) in [5, 5.41) is 19.0. The van der Waals surface area contributed by atoms with Crippen LogP contribution in [0.4, 0.5) is 0 Å². The van der Waals surface area contributed by atoms with E-state index in [1.54, 1.807) is 24.3 Å². The van der Waals surface area contributed by atoms with Crippen LogP contribution < -0.4 is 0 Å². The van der Waals surface area contributed by atoms with Gasteiger partial charge in [0, 0.05) is 16.0 Å². The van der Waals surface area contributed by atoms with Gasteiger partial charge in [0.15, 0.2) is 5.82 Å². The predicted molar refractivity (Wildman–Crippen MR) is 142 cm³/mol. The molecule has 1 aliphatic rings. The lowest BCUT2D eigenvalue weighted by molar-refractivity contribution is -0.141. The number of ether oxygens (including phenoxy) is 1. The van der Waals surface area contributed by atoms with E-state index in [4.69, 9.17) is 9.73 Å². The fourth-order valence-corrected chi connectivity index (χ4v) is 5.88. The number of carbonyl (C=O) groups is 2. The number of hydrogen-bond acceptors (Lipinski definition) is 7. The Hall–Kier alpha value is -4.11. The molecule has 0 radical (unpaired) electrons. The summed E-state index contributed by atoms with van der Waals surface area (Å²) in [4.78, 5) is 29.9. The van der Waals surface area contributed by atoms with Crippen molar-refractivity contribution in [2.24, 2.45) is 4.99 Å². The molecule has 0 fully saturated rings. The van der Waals surface area contributed by atoms with Crippen molar-refractivity contribution >= 4 is 29.0 Å². The second-order valence-electron chi connectivity index (χ2n) is 9.09. The number of esters is 1.